The molecule has 1 N–H and O–H groups in total. The molecule has 0 aliphatic carbocycles. The van der Waals surface area contributed by atoms with E-state index in [0.717, 1.165) is 9.87 Å². The van der Waals surface area contributed by atoms with Crippen molar-refractivity contribution in [3.63, 3.8) is 0 Å². The van der Waals surface area contributed by atoms with Gasteiger partial charge in [-0.2, -0.15) is 0 Å². The Morgan fingerprint density at radius 1 is 1.00 bits per heavy atom. The van der Waals surface area contributed by atoms with E-state index < -0.39 is 45.8 Å². The second kappa shape index (κ2) is 12.2. The maximum atomic E-state index is 14.6. The van der Waals surface area contributed by atoms with Crippen LogP contribution in [0.25, 0.3) is 0 Å². The summed E-state index contributed by atoms with van der Waals surface area (Å²) in [5.74, 6) is -1.66. The number of amides is 2. The molecule has 3 rings (SSSR count). The van der Waals surface area contributed by atoms with Crippen LogP contribution >= 0.6 is 11.6 Å². The fourth-order valence-electron chi connectivity index (χ4n) is 3.91. The van der Waals surface area contributed by atoms with E-state index in [2.05, 4.69) is 5.32 Å². The summed E-state index contributed by atoms with van der Waals surface area (Å²) < 4.78 is 43.2. The van der Waals surface area contributed by atoms with E-state index >= 15 is 0 Å². The van der Waals surface area contributed by atoms with Crippen LogP contribution in [0.3, 0.4) is 0 Å². The maximum absolute atomic E-state index is 14.6. The van der Waals surface area contributed by atoms with Gasteiger partial charge in [-0.05, 0) is 82.6 Å². The number of hydrogen-bond acceptors (Lipinski definition) is 4. The minimum absolute atomic E-state index is 0.0552. The highest BCUT2D eigenvalue weighted by molar-refractivity contribution is 7.92. The first-order valence-corrected chi connectivity index (χ1v) is 14.2. The number of nitrogens with zero attached hydrogens (tertiary/aromatic N) is 2. The fraction of sp³-hybridized carbons (Fsp3) is 0.310. The van der Waals surface area contributed by atoms with Gasteiger partial charge < -0.3 is 10.2 Å². The molecule has 3 aromatic rings. The molecular weight excluding hydrogens is 541 g/mol. The predicted octanol–water partition coefficient (Wildman–Crippen LogP) is 5.31. The number of carbonyl (C=O) groups excluding carboxylic acids is 2. The Hall–Kier alpha value is -3.43. The summed E-state index contributed by atoms with van der Waals surface area (Å²) >= 11 is 5.97. The number of aryl methyl sites for hydroxylation is 1. The van der Waals surface area contributed by atoms with E-state index in [-0.39, 0.29) is 22.7 Å². The molecule has 0 bridgehead atoms. The van der Waals surface area contributed by atoms with Crippen LogP contribution in [-0.2, 0) is 26.2 Å². The van der Waals surface area contributed by atoms with Gasteiger partial charge in [-0.3, -0.25) is 13.9 Å². The molecule has 0 aliphatic heterocycles. The number of carbonyl (C=O) groups is 2. The summed E-state index contributed by atoms with van der Waals surface area (Å²) in [6, 6.07) is 17.3. The highest BCUT2D eigenvalue weighted by Gasteiger charge is 2.33. The molecule has 0 spiro atoms. The highest BCUT2D eigenvalue weighted by atomic mass is 35.5. The quantitative estimate of drug-likeness (QED) is 0.376. The monoisotopic (exact) mass is 573 g/mol. The van der Waals surface area contributed by atoms with Crippen LogP contribution in [0.1, 0.15) is 38.8 Å². The second-order valence-corrected chi connectivity index (χ2v) is 12.6. The van der Waals surface area contributed by atoms with Crippen LogP contribution in [0.5, 0.6) is 0 Å². The van der Waals surface area contributed by atoms with Crippen molar-refractivity contribution in [2.45, 2.75) is 57.6 Å². The topological polar surface area (TPSA) is 86.8 Å². The van der Waals surface area contributed by atoms with E-state index in [9.17, 15) is 22.4 Å². The molecule has 3 aromatic carbocycles. The number of anilines is 1. The largest absolute Gasteiger partial charge is 0.350 e. The molecule has 0 saturated heterocycles. The number of hydrogen-bond donors (Lipinski definition) is 1. The zero-order valence-electron chi connectivity index (χ0n) is 22.6. The third-order valence-corrected chi connectivity index (χ3v) is 7.97. The predicted molar refractivity (Wildman–Crippen MR) is 151 cm³/mol. The minimum Gasteiger partial charge on any atom is -0.350 e. The van der Waals surface area contributed by atoms with Crippen LogP contribution in [-0.4, -0.2) is 43.3 Å². The van der Waals surface area contributed by atoms with Gasteiger partial charge in [0.15, 0.2) is 0 Å². The fourth-order valence-corrected chi connectivity index (χ4v) is 5.44. The molecule has 0 fully saturated rings. The number of rotatable bonds is 9. The van der Waals surface area contributed by atoms with Crippen molar-refractivity contribution in [1.82, 2.24) is 10.2 Å². The van der Waals surface area contributed by atoms with E-state index in [1.54, 1.807) is 45.0 Å². The van der Waals surface area contributed by atoms with Gasteiger partial charge in [0.1, 0.15) is 18.4 Å². The maximum Gasteiger partial charge on any atom is 0.264 e. The van der Waals surface area contributed by atoms with E-state index in [0.29, 0.717) is 5.02 Å². The van der Waals surface area contributed by atoms with Crippen molar-refractivity contribution in [3.8, 4) is 0 Å². The van der Waals surface area contributed by atoms with E-state index in [1.807, 2.05) is 13.0 Å². The third-order valence-electron chi connectivity index (χ3n) is 5.93. The summed E-state index contributed by atoms with van der Waals surface area (Å²) in [4.78, 5) is 28.1. The highest BCUT2D eigenvalue weighted by Crippen LogP contribution is 2.26. The van der Waals surface area contributed by atoms with Crippen LogP contribution in [0, 0.1) is 12.7 Å². The lowest BCUT2D eigenvalue weighted by molar-refractivity contribution is -0.140. The Labute approximate surface area is 234 Å². The summed E-state index contributed by atoms with van der Waals surface area (Å²) in [6.45, 7) is 7.91. The Kier molecular flexibility index (Phi) is 9.40. The third kappa shape index (κ3) is 7.80. The Morgan fingerprint density at radius 2 is 1.64 bits per heavy atom. The molecule has 0 heterocycles. The smallest absolute Gasteiger partial charge is 0.264 e. The number of nitrogens with one attached hydrogen (secondary N) is 1. The van der Waals surface area contributed by atoms with Crippen molar-refractivity contribution in [2.24, 2.45) is 0 Å². The van der Waals surface area contributed by atoms with Gasteiger partial charge in [-0.1, -0.05) is 41.9 Å². The van der Waals surface area contributed by atoms with Gasteiger partial charge in [0.25, 0.3) is 10.0 Å². The zero-order valence-corrected chi connectivity index (χ0v) is 24.2. The first kappa shape index (κ1) is 30.1. The first-order valence-electron chi connectivity index (χ1n) is 12.4. The second-order valence-electron chi connectivity index (χ2n) is 10.3. The van der Waals surface area contributed by atoms with Gasteiger partial charge in [-0.25, -0.2) is 12.8 Å². The molecular formula is C29H33ClFN3O4S. The molecule has 0 radical (unpaired) electrons. The summed E-state index contributed by atoms with van der Waals surface area (Å²) in [7, 11) is -4.22. The van der Waals surface area contributed by atoms with Gasteiger partial charge in [0, 0.05) is 22.7 Å². The molecule has 7 nitrogen and oxygen atoms in total. The molecule has 208 valence electrons. The Morgan fingerprint density at radius 3 is 2.23 bits per heavy atom. The van der Waals surface area contributed by atoms with Gasteiger partial charge in [-0.15, -0.1) is 0 Å². The van der Waals surface area contributed by atoms with Crippen molar-refractivity contribution < 1.29 is 22.4 Å². The van der Waals surface area contributed by atoms with Crippen LogP contribution < -0.4 is 9.62 Å². The van der Waals surface area contributed by atoms with Crippen LogP contribution in [0.15, 0.2) is 77.7 Å². The normalized spacial score (nSPS) is 12.5. The molecule has 10 heteroatoms. The van der Waals surface area contributed by atoms with Crippen molar-refractivity contribution in [2.75, 3.05) is 10.8 Å². The lowest BCUT2D eigenvalue weighted by Gasteiger charge is -2.33. The van der Waals surface area contributed by atoms with Gasteiger partial charge in [0.2, 0.25) is 11.8 Å². The van der Waals surface area contributed by atoms with Gasteiger partial charge >= 0.3 is 0 Å². The van der Waals surface area contributed by atoms with Crippen LogP contribution in [0.4, 0.5) is 10.1 Å². The molecule has 39 heavy (non-hydrogen) atoms. The first-order chi connectivity index (χ1) is 18.2. The molecule has 1 atom stereocenters. The number of halogens is 2. The van der Waals surface area contributed by atoms with Crippen molar-refractivity contribution in [3.05, 3.63) is 94.8 Å². The summed E-state index contributed by atoms with van der Waals surface area (Å²) in [5.41, 5.74) is 0.682. The number of benzene rings is 3. The Bertz CT molecular complexity index is 1440. The number of sulfonamides is 1. The summed E-state index contributed by atoms with van der Waals surface area (Å²) in [6.07, 6.45) is 0. The lowest BCUT2D eigenvalue weighted by atomic mass is 10.1. The van der Waals surface area contributed by atoms with Crippen molar-refractivity contribution >= 4 is 39.1 Å². The van der Waals surface area contributed by atoms with E-state index in [1.165, 1.54) is 54.3 Å². The Balaban J connectivity index is 2.05. The average Bonchev–Trinajstić information content (AvgIpc) is 2.85. The zero-order chi connectivity index (χ0) is 29.0. The summed E-state index contributed by atoms with van der Waals surface area (Å²) in [5, 5.41) is 3.20. The molecule has 0 aromatic heterocycles. The molecule has 2 amide bonds. The lowest BCUT2D eigenvalue weighted by Crippen LogP contribution is -2.54. The minimum atomic E-state index is -4.22. The molecule has 0 saturated carbocycles. The molecule has 0 aliphatic rings. The molecule has 0 unspecified atom stereocenters. The average molecular weight is 574 g/mol. The SMILES string of the molecule is Cc1cccc(N(CC(=O)N(Cc2ccccc2F)[C@H](C)C(=O)NC(C)(C)C)S(=O)(=O)c2ccc(Cl)cc2)c1. The van der Waals surface area contributed by atoms with E-state index in [4.69, 9.17) is 11.6 Å². The van der Waals surface area contributed by atoms with Crippen LogP contribution in [0.2, 0.25) is 5.02 Å². The van der Waals surface area contributed by atoms with Gasteiger partial charge in [0.05, 0.1) is 10.6 Å². The van der Waals surface area contributed by atoms with Crippen molar-refractivity contribution in [1.29, 1.82) is 0 Å². The standard InChI is InChI=1S/C29H33ClFN3O4S/c1-20-9-8-11-24(17-20)34(39(37,38)25-15-13-23(30)14-16-25)19-27(35)33(18-22-10-6-7-12-26(22)31)21(2)28(36)32-29(3,4)5/h6-17,21H,18-19H2,1-5H3,(H,32,36)/t21-/m1/s1.